The van der Waals surface area contributed by atoms with Crippen molar-refractivity contribution >= 4 is 11.6 Å². The molecule has 4 rings (SSSR count). The second-order valence-corrected chi connectivity index (χ2v) is 7.21. The van der Waals surface area contributed by atoms with E-state index in [1.807, 2.05) is 6.07 Å². The van der Waals surface area contributed by atoms with Gasteiger partial charge in [0.05, 0.1) is 18.3 Å². The zero-order chi connectivity index (χ0) is 18.8. The van der Waals surface area contributed by atoms with Crippen LogP contribution in [0.15, 0.2) is 16.9 Å². The smallest absolute Gasteiger partial charge is 0.254 e. The van der Waals surface area contributed by atoms with E-state index in [1.54, 1.807) is 11.6 Å². The minimum Gasteiger partial charge on any atom is -0.378 e. The fourth-order valence-corrected chi connectivity index (χ4v) is 3.54. The summed E-state index contributed by atoms with van der Waals surface area (Å²) < 4.78 is 12.5. The Kier molecular flexibility index (Phi) is 5.02. The summed E-state index contributed by atoms with van der Waals surface area (Å²) in [6.07, 6.45) is 5.90. The first-order chi connectivity index (χ1) is 13.2. The molecule has 0 saturated carbocycles. The van der Waals surface area contributed by atoms with Gasteiger partial charge in [0, 0.05) is 25.6 Å². The van der Waals surface area contributed by atoms with Crippen LogP contribution >= 0.6 is 0 Å². The minimum absolute atomic E-state index is 0.0361. The van der Waals surface area contributed by atoms with Crippen molar-refractivity contribution in [2.24, 2.45) is 0 Å². The molecule has 0 aromatic carbocycles. The lowest BCUT2D eigenvalue weighted by Crippen LogP contribution is -2.31. The van der Waals surface area contributed by atoms with Crippen molar-refractivity contribution in [3.8, 4) is 0 Å². The molecule has 144 valence electrons. The maximum atomic E-state index is 5.48. The highest BCUT2D eigenvalue weighted by molar-refractivity contribution is 5.48. The standard InChI is InChI=1S/C18H25N7O2/c1-12(2)17-22-16(23-27-17)14-7-5-4-6-8-24(14)15-9-13(10-26-3)21-18-19-11-20-25(15)18/h9,11-12,14H,4-8,10H2,1-3H3. The van der Waals surface area contributed by atoms with Crippen LogP contribution in [-0.2, 0) is 11.3 Å². The molecule has 4 heterocycles. The number of ether oxygens (including phenoxy) is 1. The zero-order valence-corrected chi connectivity index (χ0v) is 16.0. The van der Waals surface area contributed by atoms with Gasteiger partial charge in [-0.3, -0.25) is 0 Å². The Bertz CT molecular complexity index is 904. The fraction of sp³-hybridized carbons (Fsp3) is 0.611. The molecule has 0 amide bonds. The Hall–Kier alpha value is -2.55. The lowest BCUT2D eigenvalue weighted by atomic mass is 10.1. The summed E-state index contributed by atoms with van der Waals surface area (Å²) in [5.41, 5.74) is 0.826. The largest absolute Gasteiger partial charge is 0.378 e. The van der Waals surface area contributed by atoms with Crippen LogP contribution in [0.3, 0.4) is 0 Å². The van der Waals surface area contributed by atoms with Crippen molar-refractivity contribution in [3.63, 3.8) is 0 Å². The molecule has 1 unspecified atom stereocenters. The fourth-order valence-electron chi connectivity index (χ4n) is 3.54. The number of fused-ring (bicyclic) bond motifs is 1. The lowest BCUT2D eigenvalue weighted by Gasteiger charge is -2.30. The van der Waals surface area contributed by atoms with Crippen LogP contribution in [0.4, 0.5) is 5.82 Å². The van der Waals surface area contributed by atoms with E-state index < -0.39 is 0 Å². The summed E-state index contributed by atoms with van der Waals surface area (Å²) in [4.78, 5) is 15.8. The van der Waals surface area contributed by atoms with Gasteiger partial charge in [-0.15, -0.1) is 0 Å². The Morgan fingerprint density at radius 1 is 1.26 bits per heavy atom. The van der Waals surface area contributed by atoms with Crippen molar-refractivity contribution in [3.05, 3.63) is 29.8 Å². The molecule has 1 aliphatic heterocycles. The first-order valence-electron chi connectivity index (χ1n) is 9.46. The van der Waals surface area contributed by atoms with E-state index in [9.17, 15) is 0 Å². The molecule has 9 heteroatoms. The summed E-state index contributed by atoms with van der Waals surface area (Å²) in [5.74, 6) is 3.13. The average Bonchev–Trinajstić information content (AvgIpc) is 3.26. The van der Waals surface area contributed by atoms with Gasteiger partial charge in [0.15, 0.2) is 5.82 Å². The van der Waals surface area contributed by atoms with E-state index in [1.165, 1.54) is 12.7 Å². The highest BCUT2D eigenvalue weighted by Crippen LogP contribution is 2.33. The molecule has 0 bridgehead atoms. The third-order valence-corrected chi connectivity index (χ3v) is 4.87. The maximum Gasteiger partial charge on any atom is 0.254 e. The van der Waals surface area contributed by atoms with Gasteiger partial charge >= 0.3 is 0 Å². The number of anilines is 1. The van der Waals surface area contributed by atoms with Crippen LogP contribution < -0.4 is 4.90 Å². The SMILES string of the molecule is COCc1cc(N2CCCCCC2c2noc(C(C)C)n2)n2ncnc2n1. The predicted octanol–water partition coefficient (Wildman–Crippen LogP) is 2.90. The third-order valence-electron chi connectivity index (χ3n) is 4.87. The molecule has 1 atom stereocenters. The molecule has 3 aromatic rings. The number of methoxy groups -OCH3 is 1. The van der Waals surface area contributed by atoms with Crippen molar-refractivity contribution < 1.29 is 9.26 Å². The molecular weight excluding hydrogens is 346 g/mol. The van der Waals surface area contributed by atoms with Gasteiger partial charge in [-0.05, 0) is 12.8 Å². The topological polar surface area (TPSA) is 94.5 Å². The maximum absolute atomic E-state index is 5.48. The van der Waals surface area contributed by atoms with Crippen molar-refractivity contribution in [1.82, 2.24) is 29.7 Å². The lowest BCUT2D eigenvalue weighted by molar-refractivity contribution is 0.181. The molecular formula is C18H25N7O2. The van der Waals surface area contributed by atoms with E-state index in [-0.39, 0.29) is 12.0 Å². The molecule has 27 heavy (non-hydrogen) atoms. The van der Waals surface area contributed by atoms with Gasteiger partial charge in [0.25, 0.3) is 5.78 Å². The average molecular weight is 371 g/mol. The summed E-state index contributed by atoms with van der Waals surface area (Å²) in [7, 11) is 1.66. The number of aromatic nitrogens is 6. The van der Waals surface area contributed by atoms with Gasteiger partial charge in [-0.25, -0.2) is 4.98 Å². The summed E-state index contributed by atoms with van der Waals surface area (Å²) >= 11 is 0. The monoisotopic (exact) mass is 371 g/mol. The number of hydrogen-bond donors (Lipinski definition) is 0. The van der Waals surface area contributed by atoms with E-state index in [2.05, 4.69) is 44.0 Å². The van der Waals surface area contributed by atoms with Crippen LogP contribution in [0.2, 0.25) is 0 Å². The van der Waals surface area contributed by atoms with E-state index in [0.717, 1.165) is 43.1 Å². The predicted molar refractivity (Wildman–Crippen MR) is 98.4 cm³/mol. The Morgan fingerprint density at radius 3 is 2.93 bits per heavy atom. The van der Waals surface area contributed by atoms with Crippen molar-refractivity contribution in [2.45, 2.75) is 58.1 Å². The molecule has 9 nitrogen and oxygen atoms in total. The number of nitrogens with zero attached hydrogens (tertiary/aromatic N) is 7. The quantitative estimate of drug-likeness (QED) is 0.676. The van der Waals surface area contributed by atoms with Crippen molar-refractivity contribution in [2.75, 3.05) is 18.6 Å². The molecule has 0 radical (unpaired) electrons. The zero-order valence-electron chi connectivity index (χ0n) is 16.0. The van der Waals surface area contributed by atoms with E-state index in [4.69, 9.17) is 9.26 Å². The van der Waals surface area contributed by atoms with Crippen LogP contribution in [0.5, 0.6) is 0 Å². The summed E-state index contributed by atoms with van der Waals surface area (Å²) in [6, 6.07) is 2.06. The second-order valence-electron chi connectivity index (χ2n) is 7.21. The first-order valence-corrected chi connectivity index (χ1v) is 9.46. The van der Waals surface area contributed by atoms with Crippen LogP contribution in [-0.4, -0.2) is 43.4 Å². The van der Waals surface area contributed by atoms with Crippen LogP contribution in [0.1, 0.15) is 68.9 Å². The third kappa shape index (κ3) is 3.51. The van der Waals surface area contributed by atoms with Gasteiger partial charge in [0.2, 0.25) is 5.89 Å². The highest BCUT2D eigenvalue weighted by atomic mass is 16.5. The second kappa shape index (κ2) is 7.59. The van der Waals surface area contributed by atoms with E-state index >= 15 is 0 Å². The van der Waals surface area contributed by atoms with Gasteiger partial charge in [0.1, 0.15) is 12.1 Å². The normalized spacial score (nSPS) is 18.4. The van der Waals surface area contributed by atoms with Crippen LogP contribution in [0.25, 0.3) is 5.78 Å². The van der Waals surface area contributed by atoms with Crippen molar-refractivity contribution in [1.29, 1.82) is 0 Å². The van der Waals surface area contributed by atoms with Gasteiger partial charge < -0.3 is 14.2 Å². The molecule has 3 aromatic heterocycles. The van der Waals surface area contributed by atoms with Gasteiger partial charge in [-0.1, -0.05) is 31.8 Å². The molecule has 1 aliphatic rings. The van der Waals surface area contributed by atoms with Gasteiger partial charge in [-0.2, -0.15) is 19.6 Å². The minimum atomic E-state index is 0.0361. The number of hydrogen-bond acceptors (Lipinski definition) is 8. The Balaban J connectivity index is 1.78. The molecule has 0 aliphatic carbocycles. The first kappa shape index (κ1) is 17.8. The summed E-state index contributed by atoms with van der Waals surface area (Å²) in [5, 5.41) is 8.68. The Morgan fingerprint density at radius 2 is 2.15 bits per heavy atom. The molecule has 0 spiro atoms. The summed E-state index contributed by atoms with van der Waals surface area (Å²) in [6.45, 7) is 5.43. The van der Waals surface area contributed by atoms with E-state index in [0.29, 0.717) is 18.3 Å². The highest BCUT2D eigenvalue weighted by Gasteiger charge is 2.30. The molecule has 1 saturated heterocycles. The Labute approximate surface area is 157 Å². The number of rotatable bonds is 5. The molecule has 0 N–H and O–H groups in total. The molecule has 1 fully saturated rings. The van der Waals surface area contributed by atoms with Crippen LogP contribution in [0, 0.1) is 0 Å².